The lowest BCUT2D eigenvalue weighted by Crippen LogP contribution is -2.29. The summed E-state index contributed by atoms with van der Waals surface area (Å²) >= 11 is 3.49. The van der Waals surface area contributed by atoms with Crippen LogP contribution in [0.3, 0.4) is 0 Å². The van der Waals surface area contributed by atoms with Crippen molar-refractivity contribution in [2.45, 2.75) is 25.3 Å². The standard InChI is InChI=1S/C11H16BrN3/c12-9-7-14-5-4-11(9)15-10-3-1-2-8(10)6-13/h4-5,7-8,10H,1-3,6,13H2,(H,14,15). The average Bonchev–Trinajstić information content (AvgIpc) is 2.69. The van der Waals surface area contributed by atoms with Gasteiger partial charge in [-0.1, -0.05) is 6.42 Å². The minimum Gasteiger partial charge on any atom is -0.381 e. The third kappa shape index (κ3) is 2.49. The zero-order chi connectivity index (χ0) is 10.7. The number of nitrogens with two attached hydrogens (primary N) is 1. The molecule has 0 amide bonds. The molecule has 0 radical (unpaired) electrons. The number of anilines is 1. The van der Waals surface area contributed by atoms with Crippen LogP contribution in [0.5, 0.6) is 0 Å². The van der Waals surface area contributed by atoms with Crippen LogP contribution in [-0.4, -0.2) is 17.6 Å². The van der Waals surface area contributed by atoms with Crippen LogP contribution >= 0.6 is 15.9 Å². The summed E-state index contributed by atoms with van der Waals surface area (Å²) in [5, 5.41) is 3.54. The van der Waals surface area contributed by atoms with Gasteiger partial charge in [0.1, 0.15) is 0 Å². The van der Waals surface area contributed by atoms with Crippen molar-refractivity contribution in [1.82, 2.24) is 4.98 Å². The van der Waals surface area contributed by atoms with Gasteiger partial charge in [-0.15, -0.1) is 0 Å². The van der Waals surface area contributed by atoms with Crippen LogP contribution in [0.15, 0.2) is 22.9 Å². The van der Waals surface area contributed by atoms with E-state index in [0.29, 0.717) is 12.0 Å². The minimum absolute atomic E-state index is 0.522. The van der Waals surface area contributed by atoms with Crippen molar-refractivity contribution in [3.63, 3.8) is 0 Å². The molecule has 1 aromatic heterocycles. The summed E-state index contributed by atoms with van der Waals surface area (Å²) in [6, 6.07) is 2.52. The summed E-state index contributed by atoms with van der Waals surface area (Å²) in [7, 11) is 0. The molecule has 2 unspecified atom stereocenters. The van der Waals surface area contributed by atoms with Crippen LogP contribution in [0.4, 0.5) is 5.69 Å². The largest absolute Gasteiger partial charge is 0.381 e. The van der Waals surface area contributed by atoms with Gasteiger partial charge >= 0.3 is 0 Å². The van der Waals surface area contributed by atoms with Gasteiger partial charge in [0.2, 0.25) is 0 Å². The lowest BCUT2D eigenvalue weighted by molar-refractivity contribution is 0.516. The monoisotopic (exact) mass is 269 g/mol. The average molecular weight is 270 g/mol. The molecule has 82 valence electrons. The Kier molecular flexibility index (Phi) is 3.59. The van der Waals surface area contributed by atoms with Crippen LogP contribution < -0.4 is 11.1 Å². The van der Waals surface area contributed by atoms with Crippen molar-refractivity contribution < 1.29 is 0 Å². The third-order valence-corrected chi connectivity index (χ3v) is 3.71. The molecule has 0 aromatic carbocycles. The fourth-order valence-corrected chi connectivity index (χ4v) is 2.57. The zero-order valence-electron chi connectivity index (χ0n) is 8.62. The summed E-state index contributed by atoms with van der Waals surface area (Å²) in [6.45, 7) is 0.778. The quantitative estimate of drug-likeness (QED) is 0.886. The van der Waals surface area contributed by atoms with E-state index in [4.69, 9.17) is 5.73 Å². The summed E-state index contributed by atoms with van der Waals surface area (Å²) < 4.78 is 1.02. The topological polar surface area (TPSA) is 50.9 Å². The van der Waals surface area contributed by atoms with Crippen LogP contribution in [0, 0.1) is 5.92 Å². The highest BCUT2D eigenvalue weighted by Crippen LogP contribution is 2.30. The fourth-order valence-electron chi connectivity index (χ4n) is 2.20. The van der Waals surface area contributed by atoms with E-state index in [1.165, 1.54) is 19.3 Å². The first kappa shape index (κ1) is 10.9. The molecule has 1 fully saturated rings. The molecule has 2 rings (SSSR count). The molecule has 0 aliphatic heterocycles. The molecule has 1 saturated carbocycles. The Balaban J connectivity index is 2.05. The molecule has 1 aliphatic carbocycles. The van der Waals surface area contributed by atoms with Gasteiger partial charge in [0.05, 0.1) is 10.2 Å². The van der Waals surface area contributed by atoms with Crippen molar-refractivity contribution >= 4 is 21.6 Å². The highest BCUT2D eigenvalue weighted by molar-refractivity contribution is 9.10. The van der Waals surface area contributed by atoms with Gasteiger partial charge in [-0.25, -0.2) is 0 Å². The van der Waals surface area contributed by atoms with Gasteiger partial charge in [-0.2, -0.15) is 0 Å². The van der Waals surface area contributed by atoms with Gasteiger partial charge in [0, 0.05) is 18.4 Å². The van der Waals surface area contributed by atoms with Crippen molar-refractivity contribution in [3.8, 4) is 0 Å². The second-order valence-electron chi connectivity index (χ2n) is 4.03. The molecule has 1 aromatic rings. The molecule has 3 nitrogen and oxygen atoms in total. The lowest BCUT2D eigenvalue weighted by Gasteiger charge is -2.21. The van der Waals surface area contributed by atoms with Gasteiger partial charge in [0.25, 0.3) is 0 Å². The Hall–Kier alpha value is -0.610. The summed E-state index contributed by atoms with van der Waals surface area (Å²) in [5.74, 6) is 0.616. The summed E-state index contributed by atoms with van der Waals surface area (Å²) in [6.07, 6.45) is 7.37. The second kappa shape index (κ2) is 4.94. The first-order valence-corrected chi connectivity index (χ1v) is 6.16. The van der Waals surface area contributed by atoms with Gasteiger partial charge in [0.15, 0.2) is 0 Å². The molecular formula is C11H16BrN3. The van der Waals surface area contributed by atoms with E-state index < -0.39 is 0 Å². The van der Waals surface area contributed by atoms with Gasteiger partial charge in [-0.3, -0.25) is 4.98 Å². The lowest BCUT2D eigenvalue weighted by atomic mass is 10.0. The number of nitrogens with one attached hydrogen (secondary N) is 1. The van der Waals surface area contributed by atoms with Gasteiger partial charge < -0.3 is 11.1 Å². The summed E-state index contributed by atoms with van der Waals surface area (Å²) in [4.78, 5) is 4.05. The highest BCUT2D eigenvalue weighted by Gasteiger charge is 2.26. The smallest absolute Gasteiger partial charge is 0.0590 e. The van der Waals surface area contributed by atoms with Crippen molar-refractivity contribution in [2.24, 2.45) is 11.7 Å². The number of hydrogen-bond donors (Lipinski definition) is 2. The van der Waals surface area contributed by atoms with E-state index in [0.717, 1.165) is 16.7 Å². The zero-order valence-corrected chi connectivity index (χ0v) is 10.2. The van der Waals surface area contributed by atoms with E-state index in [1.807, 2.05) is 12.3 Å². The number of nitrogens with zero attached hydrogens (tertiary/aromatic N) is 1. The summed E-state index contributed by atoms with van der Waals surface area (Å²) in [5.41, 5.74) is 6.87. The van der Waals surface area contributed by atoms with E-state index >= 15 is 0 Å². The Morgan fingerprint density at radius 1 is 1.53 bits per heavy atom. The Bertz CT molecular complexity index is 329. The van der Waals surface area contributed by atoms with Crippen LogP contribution in [0.2, 0.25) is 0 Å². The Morgan fingerprint density at radius 2 is 2.40 bits per heavy atom. The molecule has 0 bridgehead atoms. The van der Waals surface area contributed by atoms with Crippen molar-refractivity contribution in [2.75, 3.05) is 11.9 Å². The van der Waals surface area contributed by atoms with Gasteiger partial charge in [-0.05, 0) is 47.3 Å². The number of rotatable bonds is 3. The number of aromatic nitrogens is 1. The number of hydrogen-bond acceptors (Lipinski definition) is 3. The molecule has 0 spiro atoms. The van der Waals surface area contributed by atoms with E-state index in [-0.39, 0.29) is 0 Å². The van der Waals surface area contributed by atoms with Crippen LogP contribution in [0.25, 0.3) is 0 Å². The Labute approximate surface area is 98.6 Å². The molecule has 4 heteroatoms. The molecule has 0 saturated heterocycles. The Morgan fingerprint density at radius 3 is 3.13 bits per heavy atom. The van der Waals surface area contributed by atoms with Crippen LogP contribution in [0.1, 0.15) is 19.3 Å². The highest BCUT2D eigenvalue weighted by atomic mass is 79.9. The second-order valence-corrected chi connectivity index (χ2v) is 4.89. The number of pyridine rings is 1. The minimum atomic E-state index is 0.522. The molecule has 1 aliphatic rings. The van der Waals surface area contributed by atoms with Crippen LogP contribution in [-0.2, 0) is 0 Å². The first-order valence-electron chi connectivity index (χ1n) is 5.37. The maximum absolute atomic E-state index is 5.75. The molecular weight excluding hydrogens is 254 g/mol. The first-order chi connectivity index (χ1) is 7.31. The van der Waals surface area contributed by atoms with E-state index in [9.17, 15) is 0 Å². The molecule has 3 N–H and O–H groups in total. The maximum Gasteiger partial charge on any atom is 0.0590 e. The third-order valence-electron chi connectivity index (χ3n) is 3.08. The molecule has 15 heavy (non-hydrogen) atoms. The van der Waals surface area contributed by atoms with Crippen molar-refractivity contribution in [3.05, 3.63) is 22.9 Å². The van der Waals surface area contributed by atoms with Crippen molar-refractivity contribution in [1.29, 1.82) is 0 Å². The number of halogens is 1. The maximum atomic E-state index is 5.75. The SMILES string of the molecule is NCC1CCCC1Nc1ccncc1Br. The normalized spacial score (nSPS) is 25.5. The fraction of sp³-hybridized carbons (Fsp3) is 0.545. The van der Waals surface area contributed by atoms with E-state index in [2.05, 4.69) is 26.2 Å². The van der Waals surface area contributed by atoms with E-state index in [1.54, 1.807) is 6.20 Å². The predicted molar refractivity (Wildman–Crippen MR) is 65.7 cm³/mol. The molecule has 1 heterocycles. The predicted octanol–water partition coefficient (Wildman–Crippen LogP) is 2.38. The molecule has 2 atom stereocenters.